The van der Waals surface area contributed by atoms with E-state index in [0.29, 0.717) is 10.8 Å². The maximum absolute atomic E-state index is 2.51. The minimum absolute atomic E-state index is 0.529. The smallest absolute Gasteiger partial charge is 0.00237 e. The normalized spacial score (nSPS) is 20.7. The fraction of sp³-hybridized carbons (Fsp3) is 1.00. The van der Waals surface area contributed by atoms with Crippen molar-refractivity contribution in [1.29, 1.82) is 0 Å². The number of hydrogen-bond acceptors (Lipinski definition) is 1. The van der Waals surface area contributed by atoms with E-state index in [1.165, 1.54) is 115 Å². The van der Waals surface area contributed by atoms with Gasteiger partial charge in [0.25, 0.3) is 0 Å². The van der Waals surface area contributed by atoms with Crippen LogP contribution < -0.4 is 0 Å². The largest absolute Gasteiger partial charge is 0.159 e. The van der Waals surface area contributed by atoms with Crippen LogP contribution in [0.15, 0.2) is 0 Å². The maximum atomic E-state index is 2.51. The molecule has 1 fully saturated rings. The van der Waals surface area contributed by atoms with Crippen molar-refractivity contribution in [2.75, 3.05) is 5.75 Å². The third-order valence-corrected chi connectivity index (χ3v) is 10.2. The monoisotopic (exact) mass is 466 g/mol. The average molecular weight is 467 g/mol. The van der Waals surface area contributed by atoms with Gasteiger partial charge in [-0.3, -0.25) is 0 Å². The first-order chi connectivity index (χ1) is 15.3. The summed E-state index contributed by atoms with van der Waals surface area (Å²) in [6.45, 7) is 17.0. The zero-order valence-corrected chi connectivity index (χ0v) is 24.4. The second-order valence-electron chi connectivity index (χ2n) is 12.4. The molecule has 0 radical (unpaired) electrons. The van der Waals surface area contributed by atoms with Gasteiger partial charge in [0.05, 0.1) is 0 Å². The molecule has 0 aromatic rings. The van der Waals surface area contributed by atoms with Gasteiger partial charge in [-0.05, 0) is 73.4 Å². The van der Waals surface area contributed by atoms with E-state index >= 15 is 0 Å². The van der Waals surface area contributed by atoms with Crippen LogP contribution in [0.1, 0.15) is 164 Å². The average Bonchev–Trinajstić information content (AvgIpc) is 3.21. The standard InChI is InChI=1S/C31H62S/c1-8-12-24-32-27(5)26-30(6,7)22-16-14-13-15-17-28-18-19-29(25-28)20-23-31(10-3,11-4)21-9-2/h27-29H,8-26H2,1-7H3. The molecule has 192 valence electrons. The van der Waals surface area contributed by atoms with Gasteiger partial charge in [-0.15, -0.1) is 0 Å². The lowest BCUT2D eigenvalue weighted by Crippen LogP contribution is -2.19. The first-order valence-corrected chi connectivity index (χ1v) is 16.0. The summed E-state index contributed by atoms with van der Waals surface area (Å²) in [5.74, 6) is 3.46. The molecule has 3 atom stereocenters. The van der Waals surface area contributed by atoms with E-state index in [2.05, 4.69) is 60.2 Å². The third kappa shape index (κ3) is 12.7. The van der Waals surface area contributed by atoms with E-state index in [9.17, 15) is 0 Å². The summed E-state index contributed by atoms with van der Waals surface area (Å²) in [6, 6.07) is 0. The van der Waals surface area contributed by atoms with E-state index < -0.39 is 0 Å². The lowest BCUT2D eigenvalue weighted by Gasteiger charge is -2.32. The summed E-state index contributed by atoms with van der Waals surface area (Å²) in [7, 11) is 0. The van der Waals surface area contributed by atoms with Crippen molar-refractivity contribution in [2.45, 2.75) is 169 Å². The molecule has 0 saturated heterocycles. The van der Waals surface area contributed by atoms with Gasteiger partial charge in [-0.25, -0.2) is 0 Å². The van der Waals surface area contributed by atoms with Crippen LogP contribution in [0.4, 0.5) is 0 Å². The van der Waals surface area contributed by atoms with Crippen molar-refractivity contribution in [3.05, 3.63) is 0 Å². The molecule has 0 aromatic carbocycles. The zero-order valence-electron chi connectivity index (χ0n) is 23.6. The molecule has 0 spiro atoms. The van der Waals surface area contributed by atoms with Crippen molar-refractivity contribution in [2.24, 2.45) is 22.7 Å². The van der Waals surface area contributed by atoms with Crippen LogP contribution in [-0.4, -0.2) is 11.0 Å². The van der Waals surface area contributed by atoms with Gasteiger partial charge < -0.3 is 0 Å². The number of hydrogen-bond donors (Lipinski definition) is 0. The Hall–Kier alpha value is 0.350. The van der Waals surface area contributed by atoms with Gasteiger partial charge in [0.2, 0.25) is 0 Å². The van der Waals surface area contributed by atoms with Crippen molar-refractivity contribution in [1.82, 2.24) is 0 Å². The Morgan fingerprint density at radius 1 is 0.750 bits per heavy atom. The van der Waals surface area contributed by atoms with E-state index in [0.717, 1.165) is 17.1 Å². The molecule has 1 aliphatic rings. The molecule has 0 aromatic heterocycles. The molecule has 1 aliphatic carbocycles. The maximum Gasteiger partial charge on any atom is 0.00237 e. The second kappa shape index (κ2) is 16.9. The van der Waals surface area contributed by atoms with E-state index in [1.54, 1.807) is 6.42 Å². The van der Waals surface area contributed by atoms with E-state index in [1.807, 2.05) is 0 Å². The van der Waals surface area contributed by atoms with Crippen LogP contribution in [0.5, 0.6) is 0 Å². The van der Waals surface area contributed by atoms with E-state index in [4.69, 9.17) is 0 Å². The third-order valence-electron chi connectivity index (χ3n) is 8.97. The Balaban J connectivity index is 2.12. The molecular weight excluding hydrogens is 404 g/mol. The molecule has 1 rings (SSSR count). The Labute approximate surface area is 209 Å². The molecular formula is C31H62S. The lowest BCUT2D eigenvalue weighted by molar-refractivity contribution is 0.195. The van der Waals surface area contributed by atoms with Gasteiger partial charge in [-0.1, -0.05) is 119 Å². The topological polar surface area (TPSA) is 0 Å². The van der Waals surface area contributed by atoms with Gasteiger partial charge >= 0.3 is 0 Å². The molecule has 1 saturated carbocycles. The first kappa shape index (κ1) is 30.4. The predicted octanol–water partition coefficient (Wildman–Crippen LogP) is 11.5. The number of unbranched alkanes of at least 4 members (excludes halogenated alkanes) is 4. The fourth-order valence-electron chi connectivity index (χ4n) is 6.58. The molecule has 1 heteroatoms. The zero-order chi connectivity index (χ0) is 23.9. The second-order valence-corrected chi connectivity index (χ2v) is 13.9. The minimum atomic E-state index is 0.529. The van der Waals surface area contributed by atoms with Crippen molar-refractivity contribution in [3.8, 4) is 0 Å². The summed E-state index contributed by atoms with van der Waals surface area (Å²) < 4.78 is 0. The quantitative estimate of drug-likeness (QED) is 0.161. The molecule has 32 heavy (non-hydrogen) atoms. The van der Waals surface area contributed by atoms with Crippen molar-refractivity contribution < 1.29 is 0 Å². The highest BCUT2D eigenvalue weighted by molar-refractivity contribution is 7.99. The summed E-state index contributed by atoms with van der Waals surface area (Å²) in [5.41, 5.74) is 1.19. The highest BCUT2D eigenvalue weighted by atomic mass is 32.2. The molecule has 0 N–H and O–H groups in total. The van der Waals surface area contributed by atoms with Gasteiger partial charge in [0.1, 0.15) is 0 Å². The Kier molecular flexibility index (Phi) is 16.0. The van der Waals surface area contributed by atoms with Crippen LogP contribution in [0, 0.1) is 22.7 Å². The molecule has 0 heterocycles. The number of rotatable bonds is 20. The Morgan fingerprint density at radius 3 is 2.03 bits per heavy atom. The van der Waals surface area contributed by atoms with Crippen LogP contribution in [-0.2, 0) is 0 Å². The predicted molar refractivity (Wildman–Crippen MR) is 151 cm³/mol. The first-order valence-electron chi connectivity index (χ1n) is 14.9. The summed E-state index contributed by atoms with van der Waals surface area (Å²) in [6.07, 6.45) is 26.1. The molecule has 0 amide bonds. The molecule has 0 bridgehead atoms. The lowest BCUT2D eigenvalue weighted by atomic mass is 9.73. The Morgan fingerprint density at radius 2 is 1.41 bits per heavy atom. The van der Waals surface area contributed by atoms with Crippen LogP contribution in [0.25, 0.3) is 0 Å². The number of thioether (sulfide) groups is 1. The van der Waals surface area contributed by atoms with Gasteiger partial charge in [0, 0.05) is 5.25 Å². The van der Waals surface area contributed by atoms with Crippen LogP contribution >= 0.6 is 11.8 Å². The fourth-order valence-corrected chi connectivity index (χ4v) is 8.01. The Bertz CT molecular complexity index is 436. The SMILES string of the molecule is CCCCSC(C)CC(C)(C)CCCCCCC1CCC(CCC(CC)(CC)CCC)C1. The van der Waals surface area contributed by atoms with Gasteiger partial charge in [0.15, 0.2) is 0 Å². The minimum Gasteiger partial charge on any atom is -0.159 e. The van der Waals surface area contributed by atoms with Crippen LogP contribution in [0.3, 0.4) is 0 Å². The molecule has 0 aliphatic heterocycles. The van der Waals surface area contributed by atoms with Crippen molar-refractivity contribution in [3.63, 3.8) is 0 Å². The molecule has 0 nitrogen and oxygen atoms in total. The van der Waals surface area contributed by atoms with Gasteiger partial charge in [-0.2, -0.15) is 11.8 Å². The molecule has 3 unspecified atom stereocenters. The summed E-state index contributed by atoms with van der Waals surface area (Å²) >= 11 is 2.20. The van der Waals surface area contributed by atoms with E-state index in [-0.39, 0.29) is 0 Å². The highest BCUT2D eigenvalue weighted by Crippen LogP contribution is 2.43. The van der Waals surface area contributed by atoms with Crippen molar-refractivity contribution >= 4 is 11.8 Å². The highest BCUT2D eigenvalue weighted by Gasteiger charge is 2.29. The summed E-state index contributed by atoms with van der Waals surface area (Å²) in [5, 5.41) is 0.827. The summed E-state index contributed by atoms with van der Waals surface area (Å²) in [4.78, 5) is 0. The van der Waals surface area contributed by atoms with Crippen LogP contribution in [0.2, 0.25) is 0 Å².